The van der Waals surface area contributed by atoms with Gasteiger partial charge in [-0.25, -0.2) is 0 Å². The summed E-state index contributed by atoms with van der Waals surface area (Å²) < 4.78 is 10.3. The van der Waals surface area contributed by atoms with Crippen LogP contribution in [0.15, 0.2) is 42.5 Å². The molecule has 10 nitrogen and oxygen atoms in total. The van der Waals surface area contributed by atoms with Crippen molar-refractivity contribution in [3.8, 4) is 11.5 Å². The van der Waals surface area contributed by atoms with E-state index in [9.17, 15) is 19.7 Å². The molecule has 1 atom stereocenters. The van der Waals surface area contributed by atoms with Crippen LogP contribution in [-0.4, -0.2) is 55.0 Å². The molecule has 0 spiro atoms. The largest absolute Gasteiger partial charge is 0.496 e. The van der Waals surface area contributed by atoms with Gasteiger partial charge in [-0.05, 0) is 57.1 Å². The lowest BCUT2D eigenvalue weighted by Crippen LogP contribution is -2.47. The predicted molar refractivity (Wildman–Crippen MR) is 124 cm³/mol. The molecular formula is C23H28N4O6. The first-order valence-corrected chi connectivity index (χ1v) is 10.6. The molecule has 0 bridgehead atoms. The minimum atomic E-state index is -0.561. The van der Waals surface area contributed by atoms with Crippen molar-refractivity contribution in [1.29, 1.82) is 0 Å². The van der Waals surface area contributed by atoms with Crippen LogP contribution in [0.5, 0.6) is 11.5 Å². The Hall–Kier alpha value is -3.66. The first-order chi connectivity index (χ1) is 15.8. The van der Waals surface area contributed by atoms with Gasteiger partial charge >= 0.3 is 0 Å². The molecule has 0 saturated carbocycles. The quantitative estimate of drug-likeness (QED) is 0.461. The van der Waals surface area contributed by atoms with Crippen molar-refractivity contribution in [2.24, 2.45) is 5.92 Å². The Kier molecular flexibility index (Phi) is 7.83. The normalized spacial score (nSPS) is 15.4. The molecule has 1 heterocycles. The molecule has 1 aliphatic rings. The van der Waals surface area contributed by atoms with Crippen LogP contribution < -0.4 is 20.1 Å². The molecule has 1 aliphatic heterocycles. The lowest BCUT2D eigenvalue weighted by Gasteiger charge is -2.34. The molecule has 176 valence electrons. The van der Waals surface area contributed by atoms with Gasteiger partial charge in [-0.3, -0.25) is 24.6 Å². The highest BCUT2D eigenvalue weighted by atomic mass is 16.6. The van der Waals surface area contributed by atoms with E-state index in [1.54, 1.807) is 32.2 Å². The number of nitrogens with one attached hydrogen (secondary N) is 2. The molecular weight excluding hydrogens is 428 g/mol. The Morgan fingerprint density at radius 1 is 1.06 bits per heavy atom. The van der Waals surface area contributed by atoms with Crippen LogP contribution in [0.3, 0.4) is 0 Å². The Morgan fingerprint density at radius 2 is 1.76 bits per heavy atom. The van der Waals surface area contributed by atoms with E-state index in [-0.39, 0.29) is 29.1 Å². The molecule has 1 fully saturated rings. The van der Waals surface area contributed by atoms with Crippen molar-refractivity contribution in [3.63, 3.8) is 0 Å². The topological polar surface area (TPSA) is 123 Å². The van der Waals surface area contributed by atoms with Gasteiger partial charge in [0.05, 0.1) is 36.9 Å². The number of benzene rings is 2. The molecule has 1 unspecified atom stereocenters. The molecule has 1 saturated heterocycles. The zero-order chi connectivity index (χ0) is 24.0. The van der Waals surface area contributed by atoms with Crippen molar-refractivity contribution >= 4 is 28.9 Å². The first kappa shape index (κ1) is 24.0. The molecule has 33 heavy (non-hydrogen) atoms. The highest BCUT2D eigenvalue weighted by Gasteiger charge is 2.31. The van der Waals surface area contributed by atoms with Gasteiger partial charge in [0.25, 0.3) is 5.69 Å². The summed E-state index contributed by atoms with van der Waals surface area (Å²) in [6.07, 6.45) is 1.20. The molecule has 10 heteroatoms. The van der Waals surface area contributed by atoms with Crippen LogP contribution in [0.2, 0.25) is 0 Å². The highest BCUT2D eigenvalue weighted by Crippen LogP contribution is 2.30. The van der Waals surface area contributed by atoms with Gasteiger partial charge in [-0.2, -0.15) is 0 Å². The lowest BCUT2D eigenvalue weighted by atomic mass is 9.94. The van der Waals surface area contributed by atoms with E-state index in [1.165, 1.54) is 19.2 Å². The van der Waals surface area contributed by atoms with Gasteiger partial charge in [0.2, 0.25) is 11.8 Å². The van der Waals surface area contributed by atoms with Crippen molar-refractivity contribution in [3.05, 3.63) is 52.6 Å². The number of likely N-dealkylation sites (tertiary alicyclic amines) is 1. The minimum Gasteiger partial charge on any atom is -0.496 e. The fourth-order valence-corrected chi connectivity index (χ4v) is 3.83. The second kappa shape index (κ2) is 10.8. The number of piperidine rings is 1. The van der Waals surface area contributed by atoms with Crippen molar-refractivity contribution in [2.75, 3.05) is 37.9 Å². The third kappa shape index (κ3) is 5.78. The van der Waals surface area contributed by atoms with Gasteiger partial charge in [-0.1, -0.05) is 12.1 Å². The van der Waals surface area contributed by atoms with Gasteiger partial charge in [0, 0.05) is 5.92 Å². The average Bonchev–Trinajstić information content (AvgIpc) is 2.84. The summed E-state index contributed by atoms with van der Waals surface area (Å²) in [5.74, 6) is 0.330. The molecule has 2 aromatic carbocycles. The molecule has 2 N–H and O–H groups in total. The maximum atomic E-state index is 12.8. The number of methoxy groups -OCH3 is 2. The predicted octanol–water partition coefficient (Wildman–Crippen LogP) is 3.29. The fourth-order valence-electron chi connectivity index (χ4n) is 3.83. The van der Waals surface area contributed by atoms with Crippen LogP contribution in [0.4, 0.5) is 17.1 Å². The number of ether oxygens (including phenoxy) is 2. The van der Waals surface area contributed by atoms with E-state index in [1.807, 2.05) is 17.0 Å². The molecule has 0 aliphatic carbocycles. The number of nitro groups is 1. The summed E-state index contributed by atoms with van der Waals surface area (Å²) in [5.41, 5.74) is 0.506. The molecule has 0 radical (unpaired) electrons. The molecule has 3 rings (SSSR count). The summed E-state index contributed by atoms with van der Waals surface area (Å²) in [4.78, 5) is 38.2. The number of nitro benzene ring substituents is 1. The maximum Gasteiger partial charge on any atom is 0.296 e. The van der Waals surface area contributed by atoms with E-state index in [0.29, 0.717) is 43.1 Å². The number of carbonyl (C=O) groups is 2. The van der Waals surface area contributed by atoms with E-state index in [4.69, 9.17) is 9.47 Å². The van der Waals surface area contributed by atoms with Crippen molar-refractivity contribution < 1.29 is 24.0 Å². The monoisotopic (exact) mass is 456 g/mol. The number of hydrogen-bond donors (Lipinski definition) is 2. The van der Waals surface area contributed by atoms with E-state index >= 15 is 0 Å². The minimum absolute atomic E-state index is 0.0786. The van der Waals surface area contributed by atoms with E-state index < -0.39 is 11.0 Å². The number of hydrogen-bond acceptors (Lipinski definition) is 7. The van der Waals surface area contributed by atoms with Gasteiger partial charge < -0.3 is 20.1 Å². The number of anilines is 2. The molecule has 0 aromatic heterocycles. The smallest absolute Gasteiger partial charge is 0.296 e. The van der Waals surface area contributed by atoms with Crippen LogP contribution in [-0.2, 0) is 9.59 Å². The highest BCUT2D eigenvalue weighted by molar-refractivity contribution is 5.97. The van der Waals surface area contributed by atoms with Crippen LogP contribution in [0.25, 0.3) is 0 Å². The number of rotatable bonds is 8. The average molecular weight is 456 g/mol. The Bertz CT molecular complexity index is 1020. The number of para-hydroxylation sites is 2. The van der Waals surface area contributed by atoms with E-state index in [0.717, 1.165) is 0 Å². The Balaban J connectivity index is 1.57. The number of carbonyl (C=O) groups excluding carboxylic acids is 2. The van der Waals surface area contributed by atoms with Gasteiger partial charge in [0.1, 0.15) is 17.2 Å². The second-order valence-electron chi connectivity index (χ2n) is 7.81. The summed E-state index contributed by atoms with van der Waals surface area (Å²) in [6, 6.07) is 11.0. The maximum absolute atomic E-state index is 12.8. The Morgan fingerprint density at radius 3 is 2.39 bits per heavy atom. The Labute approximate surface area is 192 Å². The van der Waals surface area contributed by atoms with Crippen molar-refractivity contribution in [1.82, 2.24) is 4.90 Å². The van der Waals surface area contributed by atoms with Crippen LogP contribution in [0, 0.1) is 16.0 Å². The third-order valence-corrected chi connectivity index (χ3v) is 5.85. The number of nitrogens with zero attached hydrogens (tertiary/aromatic N) is 2. The SMILES string of the molecule is COc1ccc(NC(=O)C(C)N2CCC(C(=O)Nc3ccccc3OC)CC2)c([N+](=O)[O-])c1. The van der Waals surface area contributed by atoms with Crippen LogP contribution >= 0.6 is 0 Å². The standard InChI is InChI=1S/C23H28N4O6/c1-15(22(28)24-18-9-8-17(32-2)14-20(18)27(30)31)26-12-10-16(11-13-26)23(29)25-19-6-4-5-7-21(19)33-3/h4-9,14-16H,10-13H2,1-3H3,(H,24,28)(H,25,29). The summed E-state index contributed by atoms with van der Waals surface area (Å²) in [5, 5.41) is 16.9. The van der Waals surface area contributed by atoms with Gasteiger partial charge in [-0.15, -0.1) is 0 Å². The van der Waals surface area contributed by atoms with Crippen molar-refractivity contribution in [2.45, 2.75) is 25.8 Å². The molecule has 2 amide bonds. The van der Waals surface area contributed by atoms with E-state index in [2.05, 4.69) is 10.6 Å². The second-order valence-corrected chi connectivity index (χ2v) is 7.81. The first-order valence-electron chi connectivity index (χ1n) is 10.6. The summed E-state index contributed by atoms with van der Waals surface area (Å²) in [7, 11) is 2.97. The number of amides is 2. The third-order valence-electron chi connectivity index (χ3n) is 5.85. The van der Waals surface area contributed by atoms with Crippen LogP contribution in [0.1, 0.15) is 19.8 Å². The lowest BCUT2D eigenvalue weighted by molar-refractivity contribution is -0.384. The zero-order valence-corrected chi connectivity index (χ0v) is 18.9. The molecule has 2 aromatic rings. The summed E-state index contributed by atoms with van der Waals surface area (Å²) in [6.45, 7) is 2.87. The zero-order valence-electron chi connectivity index (χ0n) is 18.9. The fraction of sp³-hybridized carbons (Fsp3) is 0.391. The van der Waals surface area contributed by atoms with Gasteiger partial charge in [0.15, 0.2) is 0 Å². The summed E-state index contributed by atoms with van der Waals surface area (Å²) >= 11 is 0.